The molecule has 0 saturated heterocycles. The molecule has 0 aliphatic rings. The average molecular weight is 778 g/mol. The molecule has 2 unspecified atom stereocenters. The molecule has 314 valence electrons. The van der Waals surface area contributed by atoms with Gasteiger partial charge in [0.1, 0.15) is 12.6 Å². The molecule has 0 radical (unpaired) electrons. The normalized spacial score (nSPS) is 14.1. The Labute approximate surface area is 340 Å². The number of quaternary nitrogens is 1. The summed E-state index contributed by atoms with van der Waals surface area (Å²) in [4.78, 5) is 36.7. The van der Waals surface area contributed by atoms with Gasteiger partial charge in [0, 0.05) is 19.3 Å². The van der Waals surface area contributed by atoms with Crippen LogP contribution in [0.1, 0.15) is 123 Å². The van der Waals surface area contributed by atoms with E-state index in [1.165, 1.54) is 0 Å². The van der Waals surface area contributed by atoms with Crippen LogP contribution < -0.4 is 5.11 Å². The Morgan fingerprint density at radius 3 is 1.38 bits per heavy atom. The molecule has 0 aliphatic heterocycles. The van der Waals surface area contributed by atoms with Gasteiger partial charge in [0.05, 0.1) is 40.3 Å². The molecule has 0 fully saturated rings. The number of nitrogens with zero attached hydrogens (tertiary/aromatic N) is 1. The second-order valence-corrected chi connectivity index (χ2v) is 14.5. The number of hydrogen-bond acceptors (Lipinski definition) is 7. The lowest BCUT2D eigenvalue weighted by molar-refractivity contribution is -0.889. The van der Waals surface area contributed by atoms with Crippen molar-refractivity contribution in [1.82, 2.24) is 0 Å². The number of unbranched alkanes of at least 4 members (excludes halogenated alkanes) is 3. The minimum Gasteiger partial charge on any atom is -0.544 e. The SMILES string of the molecule is CC/C=C/C/C=C/C/C=C/C/C=C/C/C=C/C/C=C/CCCCC(=O)OC(COCCC(C(=O)[O-])[N+](C)(C)C)COC(=O)CCC/C=C/C/C=C/C/C=C/CC. The van der Waals surface area contributed by atoms with Crippen LogP contribution in [0.3, 0.4) is 0 Å². The van der Waals surface area contributed by atoms with Crippen molar-refractivity contribution in [3.05, 3.63) is 109 Å². The van der Waals surface area contributed by atoms with E-state index in [-0.39, 0.29) is 55.5 Å². The number of ether oxygens (including phenoxy) is 3. The number of allylic oxidation sites excluding steroid dienone is 18. The molecule has 0 bridgehead atoms. The maximum Gasteiger partial charge on any atom is 0.306 e. The molecule has 0 spiro atoms. The fourth-order valence-electron chi connectivity index (χ4n) is 5.21. The van der Waals surface area contributed by atoms with Gasteiger partial charge in [0.15, 0.2) is 6.10 Å². The summed E-state index contributed by atoms with van der Waals surface area (Å²) in [6.45, 7) is 4.28. The number of rotatable bonds is 35. The van der Waals surface area contributed by atoms with Crippen LogP contribution in [0, 0.1) is 0 Å². The fraction of sp³-hybridized carbons (Fsp3) is 0.562. The summed E-state index contributed by atoms with van der Waals surface area (Å²) < 4.78 is 17.0. The molecule has 0 N–H and O–H groups in total. The zero-order valence-electron chi connectivity index (χ0n) is 35.5. The van der Waals surface area contributed by atoms with Crippen LogP contribution in [0.15, 0.2) is 109 Å². The Kier molecular flexibility index (Phi) is 35.2. The Balaban J connectivity index is 4.52. The lowest BCUT2D eigenvalue weighted by Gasteiger charge is -2.34. The average Bonchev–Trinajstić information content (AvgIpc) is 3.15. The maximum atomic E-state index is 12.7. The predicted octanol–water partition coefficient (Wildman–Crippen LogP) is 9.96. The van der Waals surface area contributed by atoms with E-state index in [4.69, 9.17) is 14.2 Å². The zero-order valence-corrected chi connectivity index (χ0v) is 35.5. The molecule has 0 amide bonds. The van der Waals surface area contributed by atoms with Crippen molar-refractivity contribution >= 4 is 17.9 Å². The van der Waals surface area contributed by atoms with E-state index in [0.717, 1.165) is 77.0 Å². The topological polar surface area (TPSA) is 102 Å². The molecule has 0 rings (SSSR count). The van der Waals surface area contributed by atoms with E-state index >= 15 is 0 Å². The smallest absolute Gasteiger partial charge is 0.306 e. The number of carboxylic acids is 1. The molecule has 0 aromatic rings. The van der Waals surface area contributed by atoms with Crippen LogP contribution in [-0.4, -0.2) is 75.5 Å². The number of aliphatic carboxylic acids is 1. The van der Waals surface area contributed by atoms with Crippen molar-refractivity contribution < 1.29 is 38.2 Å². The van der Waals surface area contributed by atoms with Crippen LogP contribution in [0.4, 0.5) is 0 Å². The molecule has 0 saturated carbocycles. The lowest BCUT2D eigenvalue weighted by Crippen LogP contribution is -2.55. The molecular weight excluding hydrogens is 703 g/mol. The molecule has 0 aromatic heterocycles. The number of carboxylic acid groups (broad SMARTS) is 1. The minimum atomic E-state index is -1.15. The van der Waals surface area contributed by atoms with E-state index in [2.05, 4.69) is 123 Å². The van der Waals surface area contributed by atoms with Crippen LogP contribution >= 0.6 is 0 Å². The second-order valence-electron chi connectivity index (χ2n) is 14.5. The Morgan fingerprint density at radius 2 is 0.946 bits per heavy atom. The first-order chi connectivity index (χ1) is 27.1. The third-order valence-corrected chi connectivity index (χ3v) is 8.40. The Morgan fingerprint density at radius 1 is 0.536 bits per heavy atom. The van der Waals surface area contributed by atoms with Gasteiger partial charge in [-0.1, -0.05) is 123 Å². The molecule has 0 heterocycles. The van der Waals surface area contributed by atoms with E-state index < -0.39 is 18.1 Å². The monoisotopic (exact) mass is 778 g/mol. The highest BCUT2D eigenvalue weighted by Gasteiger charge is 2.25. The Hall–Kier alpha value is -4.01. The fourth-order valence-corrected chi connectivity index (χ4v) is 5.21. The van der Waals surface area contributed by atoms with Crippen molar-refractivity contribution in [2.75, 3.05) is 41.0 Å². The summed E-state index contributed by atoms with van der Waals surface area (Å²) in [5.41, 5.74) is 0. The predicted molar refractivity (Wildman–Crippen MR) is 231 cm³/mol. The van der Waals surface area contributed by atoms with E-state index in [0.29, 0.717) is 12.8 Å². The third-order valence-electron chi connectivity index (χ3n) is 8.40. The summed E-state index contributed by atoms with van der Waals surface area (Å²) in [7, 11) is 5.35. The number of carbonyl (C=O) groups is 3. The van der Waals surface area contributed by atoms with Gasteiger partial charge in [-0.2, -0.15) is 0 Å². The first-order valence-electron chi connectivity index (χ1n) is 20.9. The summed E-state index contributed by atoms with van der Waals surface area (Å²) in [5.74, 6) is -1.88. The third kappa shape index (κ3) is 35.7. The van der Waals surface area contributed by atoms with Crippen LogP contribution in [0.2, 0.25) is 0 Å². The van der Waals surface area contributed by atoms with Crippen molar-refractivity contribution in [2.24, 2.45) is 0 Å². The van der Waals surface area contributed by atoms with Gasteiger partial charge >= 0.3 is 11.9 Å². The number of carbonyl (C=O) groups excluding carboxylic acids is 3. The molecule has 0 aliphatic carbocycles. The van der Waals surface area contributed by atoms with Gasteiger partial charge in [0.25, 0.3) is 0 Å². The summed E-state index contributed by atoms with van der Waals surface area (Å²) in [6.07, 6.45) is 51.3. The van der Waals surface area contributed by atoms with E-state index in [1.54, 1.807) is 21.1 Å². The second kappa shape index (κ2) is 37.9. The highest BCUT2D eigenvalue weighted by molar-refractivity contribution is 5.70. The summed E-state index contributed by atoms with van der Waals surface area (Å²) >= 11 is 0. The maximum absolute atomic E-state index is 12.7. The standard InChI is InChI=1S/C48H75NO7/c1-6-8-10-12-14-16-18-19-20-21-22-23-24-25-26-27-29-31-33-35-37-39-47(51)56-44(42-54-41-40-45(48(52)53)49(3,4)5)43-55-46(50)38-36-34-32-30-28-17-15-13-11-9-7-2/h8-11,14-17,19-20,22-23,25-26,29-32,44-45H,6-7,12-13,18,21,24,27-28,33-43H2,1-5H3/b10-8+,11-9+,16-14+,17-15+,20-19+,23-22+,26-25+,31-29+,32-30+. The van der Waals surface area contributed by atoms with Gasteiger partial charge in [-0.05, 0) is 89.9 Å². The van der Waals surface area contributed by atoms with Crippen molar-refractivity contribution in [3.63, 3.8) is 0 Å². The van der Waals surface area contributed by atoms with Gasteiger partial charge < -0.3 is 28.6 Å². The van der Waals surface area contributed by atoms with E-state index in [1.807, 2.05) is 0 Å². The summed E-state index contributed by atoms with van der Waals surface area (Å²) in [5, 5.41) is 11.6. The van der Waals surface area contributed by atoms with Crippen LogP contribution in [0.25, 0.3) is 0 Å². The van der Waals surface area contributed by atoms with Crippen LogP contribution in [0.5, 0.6) is 0 Å². The molecular formula is C48H75NO7. The minimum absolute atomic E-state index is 0.00103. The number of likely N-dealkylation sites (N-methyl/N-ethyl adjacent to an activating group) is 1. The van der Waals surface area contributed by atoms with Gasteiger partial charge in [-0.3, -0.25) is 9.59 Å². The first-order valence-corrected chi connectivity index (χ1v) is 20.9. The summed E-state index contributed by atoms with van der Waals surface area (Å²) in [6, 6.07) is -0.747. The van der Waals surface area contributed by atoms with Crippen molar-refractivity contribution in [3.8, 4) is 0 Å². The molecule has 2 atom stereocenters. The van der Waals surface area contributed by atoms with Gasteiger partial charge in [-0.25, -0.2) is 0 Å². The molecule has 0 aromatic carbocycles. The first kappa shape index (κ1) is 52.0. The van der Waals surface area contributed by atoms with Crippen LogP contribution in [-0.2, 0) is 28.6 Å². The highest BCUT2D eigenvalue weighted by atomic mass is 16.6. The van der Waals surface area contributed by atoms with E-state index in [9.17, 15) is 19.5 Å². The number of esters is 2. The highest BCUT2D eigenvalue weighted by Crippen LogP contribution is 2.10. The van der Waals surface area contributed by atoms with Gasteiger partial charge in [-0.15, -0.1) is 0 Å². The molecule has 56 heavy (non-hydrogen) atoms. The molecule has 8 heteroatoms. The quantitative estimate of drug-likeness (QED) is 0.0273. The Bertz CT molecular complexity index is 1280. The van der Waals surface area contributed by atoms with Gasteiger partial charge in [0.2, 0.25) is 0 Å². The number of hydrogen-bond donors (Lipinski definition) is 0. The van der Waals surface area contributed by atoms with Crippen molar-refractivity contribution in [2.45, 2.75) is 135 Å². The zero-order chi connectivity index (χ0) is 41.4. The van der Waals surface area contributed by atoms with Crippen molar-refractivity contribution in [1.29, 1.82) is 0 Å². The largest absolute Gasteiger partial charge is 0.544 e. The molecule has 8 nitrogen and oxygen atoms in total. The lowest BCUT2D eigenvalue weighted by atomic mass is 10.1.